The molecule has 1 heterocycles. The molecule has 0 atom stereocenters. The van der Waals surface area contributed by atoms with Crippen LogP contribution < -0.4 is 10.2 Å². The monoisotopic (exact) mass is 342 g/mol. The number of hydrogen-bond acceptors (Lipinski definition) is 5. The number of carbonyl (C=O) groups excluding carboxylic acids is 1. The number of amides is 1. The van der Waals surface area contributed by atoms with E-state index in [0.717, 1.165) is 26.2 Å². The molecule has 2 rings (SSSR count). The average Bonchev–Trinajstić information content (AvgIpc) is 2.64. The Labute approximate surface area is 147 Å². The molecule has 7 heteroatoms. The van der Waals surface area contributed by atoms with E-state index >= 15 is 0 Å². The normalized spacial score (nSPS) is 14.8. The van der Waals surface area contributed by atoms with Crippen molar-refractivity contribution in [3.05, 3.63) is 42.1 Å². The Kier molecular flexibility index (Phi) is 6.84. The third-order valence-electron chi connectivity index (χ3n) is 3.97. The molecule has 0 saturated carbocycles. The molecule has 0 radical (unpaired) electrons. The zero-order valence-corrected chi connectivity index (χ0v) is 14.0. The second-order valence-electron chi connectivity index (χ2n) is 5.77. The highest BCUT2D eigenvalue weighted by Crippen LogP contribution is 2.16. The van der Waals surface area contributed by atoms with Gasteiger partial charge in [-0.1, -0.05) is 18.2 Å². The van der Waals surface area contributed by atoms with Crippen LogP contribution in [0.5, 0.6) is 0 Å². The Balaban J connectivity index is 1.83. The summed E-state index contributed by atoms with van der Waals surface area (Å²) in [5, 5.41) is 20.3. The molecule has 0 spiro atoms. The smallest absolute Gasteiger partial charge is 0.303 e. The van der Waals surface area contributed by atoms with Gasteiger partial charge in [0.05, 0.1) is 0 Å². The number of nitriles is 1. The molecule has 2 N–H and O–H groups in total. The van der Waals surface area contributed by atoms with Crippen LogP contribution in [-0.4, -0.2) is 54.6 Å². The zero-order valence-electron chi connectivity index (χ0n) is 14.0. The lowest BCUT2D eigenvalue weighted by Crippen LogP contribution is -2.44. The van der Waals surface area contributed by atoms with E-state index in [1.807, 2.05) is 29.2 Å². The molecule has 1 aromatic rings. The first-order valence-corrected chi connectivity index (χ1v) is 8.26. The van der Waals surface area contributed by atoms with Gasteiger partial charge >= 0.3 is 5.97 Å². The van der Waals surface area contributed by atoms with E-state index < -0.39 is 11.9 Å². The number of carboxylic acid groups (broad SMARTS) is 1. The summed E-state index contributed by atoms with van der Waals surface area (Å²) in [7, 11) is 0. The van der Waals surface area contributed by atoms with Gasteiger partial charge in [0.1, 0.15) is 11.6 Å². The quantitative estimate of drug-likeness (QED) is 0.439. The Morgan fingerprint density at radius 2 is 1.88 bits per heavy atom. The Hall–Kier alpha value is -3.01. The van der Waals surface area contributed by atoms with Gasteiger partial charge in [0.2, 0.25) is 0 Å². The average molecular weight is 342 g/mol. The lowest BCUT2D eigenvalue weighted by atomic mass is 10.2. The summed E-state index contributed by atoms with van der Waals surface area (Å²) in [4.78, 5) is 26.7. The van der Waals surface area contributed by atoms with Crippen molar-refractivity contribution in [2.45, 2.75) is 12.8 Å². The number of piperazine rings is 1. The van der Waals surface area contributed by atoms with Crippen molar-refractivity contribution in [1.82, 2.24) is 10.2 Å². The third kappa shape index (κ3) is 5.84. The highest BCUT2D eigenvalue weighted by molar-refractivity contribution is 5.97. The molecule has 1 amide bonds. The van der Waals surface area contributed by atoms with Crippen molar-refractivity contribution in [1.29, 1.82) is 5.26 Å². The van der Waals surface area contributed by atoms with Crippen LogP contribution in [0, 0.1) is 11.3 Å². The minimum Gasteiger partial charge on any atom is -0.481 e. The standard InChI is InChI=1S/C18H22N4O3/c19-13-15(18(25)20-8-4-7-17(23)24)14-21-9-11-22(12-10-21)16-5-2-1-3-6-16/h1-3,5-6,14H,4,7-12H2,(H,20,25)(H,23,24)/b15-14-. The minimum atomic E-state index is -0.901. The number of hydrogen-bond donors (Lipinski definition) is 2. The summed E-state index contributed by atoms with van der Waals surface area (Å²) in [6, 6.07) is 12.0. The van der Waals surface area contributed by atoms with E-state index in [1.54, 1.807) is 6.20 Å². The molecular formula is C18H22N4O3. The summed E-state index contributed by atoms with van der Waals surface area (Å²) in [5.74, 6) is -1.36. The van der Waals surface area contributed by atoms with Crippen molar-refractivity contribution in [2.75, 3.05) is 37.6 Å². The fourth-order valence-corrected chi connectivity index (χ4v) is 2.61. The number of para-hydroxylation sites is 1. The number of nitrogens with zero attached hydrogens (tertiary/aromatic N) is 3. The second-order valence-corrected chi connectivity index (χ2v) is 5.77. The van der Waals surface area contributed by atoms with Crippen molar-refractivity contribution in [2.24, 2.45) is 0 Å². The van der Waals surface area contributed by atoms with Crippen LogP contribution in [0.4, 0.5) is 5.69 Å². The highest BCUT2D eigenvalue weighted by Gasteiger charge is 2.17. The Bertz CT molecular complexity index is 659. The number of rotatable bonds is 7. The lowest BCUT2D eigenvalue weighted by Gasteiger charge is -2.35. The van der Waals surface area contributed by atoms with E-state index in [1.165, 1.54) is 5.69 Å². The predicted molar refractivity (Wildman–Crippen MR) is 93.8 cm³/mol. The SMILES string of the molecule is N#C/C(=C/N1CCN(c2ccccc2)CC1)C(=O)NCCCC(=O)O. The van der Waals surface area contributed by atoms with Crippen molar-refractivity contribution in [3.8, 4) is 6.07 Å². The van der Waals surface area contributed by atoms with Crippen LogP contribution >= 0.6 is 0 Å². The Morgan fingerprint density at radius 1 is 1.20 bits per heavy atom. The van der Waals surface area contributed by atoms with Crippen molar-refractivity contribution in [3.63, 3.8) is 0 Å². The molecule has 1 fully saturated rings. The third-order valence-corrected chi connectivity index (χ3v) is 3.97. The van der Waals surface area contributed by atoms with Gasteiger partial charge in [-0.25, -0.2) is 0 Å². The first-order valence-electron chi connectivity index (χ1n) is 8.26. The highest BCUT2D eigenvalue weighted by atomic mass is 16.4. The van der Waals surface area contributed by atoms with E-state index in [4.69, 9.17) is 5.11 Å². The van der Waals surface area contributed by atoms with Gasteiger partial charge in [-0.15, -0.1) is 0 Å². The molecule has 0 aromatic heterocycles. The maximum atomic E-state index is 12.0. The fraction of sp³-hybridized carbons (Fsp3) is 0.389. The summed E-state index contributed by atoms with van der Waals surface area (Å²) in [5.41, 5.74) is 1.21. The number of carbonyl (C=O) groups is 2. The van der Waals surface area contributed by atoms with Gasteiger partial charge in [0.15, 0.2) is 0 Å². The van der Waals surface area contributed by atoms with Crippen LogP contribution in [0.15, 0.2) is 42.1 Å². The van der Waals surface area contributed by atoms with E-state index in [2.05, 4.69) is 22.3 Å². The second kappa shape index (κ2) is 9.33. The molecule has 1 aliphatic rings. The van der Waals surface area contributed by atoms with Gasteiger partial charge in [-0.2, -0.15) is 5.26 Å². The maximum Gasteiger partial charge on any atom is 0.303 e. The maximum absolute atomic E-state index is 12.0. The van der Waals surface area contributed by atoms with Crippen LogP contribution in [0.3, 0.4) is 0 Å². The molecule has 7 nitrogen and oxygen atoms in total. The summed E-state index contributed by atoms with van der Waals surface area (Å²) in [6.45, 7) is 3.34. The summed E-state index contributed by atoms with van der Waals surface area (Å²) >= 11 is 0. The molecule has 0 aliphatic carbocycles. The number of anilines is 1. The van der Waals surface area contributed by atoms with E-state index in [9.17, 15) is 14.9 Å². The number of aliphatic carboxylic acids is 1. The molecular weight excluding hydrogens is 320 g/mol. The fourth-order valence-electron chi connectivity index (χ4n) is 2.61. The number of nitrogens with one attached hydrogen (secondary N) is 1. The molecule has 0 unspecified atom stereocenters. The van der Waals surface area contributed by atoms with Gasteiger partial charge in [0, 0.05) is 51.0 Å². The number of benzene rings is 1. The van der Waals surface area contributed by atoms with Crippen molar-refractivity contribution < 1.29 is 14.7 Å². The molecule has 132 valence electrons. The predicted octanol–water partition coefficient (Wildman–Crippen LogP) is 1.20. The first kappa shape index (κ1) is 18.3. The lowest BCUT2D eigenvalue weighted by molar-refractivity contribution is -0.137. The van der Waals surface area contributed by atoms with Crippen LogP contribution in [0.2, 0.25) is 0 Å². The van der Waals surface area contributed by atoms with E-state index in [-0.39, 0.29) is 18.5 Å². The zero-order chi connectivity index (χ0) is 18.1. The largest absolute Gasteiger partial charge is 0.481 e. The summed E-state index contributed by atoms with van der Waals surface area (Å²) < 4.78 is 0. The molecule has 25 heavy (non-hydrogen) atoms. The molecule has 1 aliphatic heterocycles. The minimum absolute atomic E-state index is 0.00662. The van der Waals surface area contributed by atoms with Gasteiger partial charge in [-0.05, 0) is 18.6 Å². The molecule has 1 saturated heterocycles. The van der Waals surface area contributed by atoms with Crippen LogP contribution in [0.25, 0.3) is 0 Å². The van der Waals surface area contributed by atoms with Gasteiger partial charge < -0.3 is 20.2 Å². The van der Waals surface area contributed by atoms with Crippen molar-refractivity contribution >= 4 is 17.6 Å². The topological polar surface area (TPSA) is 96.7 Å². The molecule has 0 bridgehead atoms. The summed E-state index contributed by atoms with van der Waals surface area (Å²) in [6.07, 6.45) is 1.93. The Morgan fingerprint density at radius 3 is 2.48 bits per heavy atom. The van der Waals surface area contributed by atoms with E-state index in [0.29, 0.717) is 6.42 Å². The van der Waals surface area contributed by atoms with Gasteiger partial charge in [-0.3, -0.25) is 9.59 Å². The van der Waals surface area contributed by atoms with Gasteiger partial charge in [0.25, 0.3) is 5.91 Å². The number of carboxylic acids is 1. The first-order chi connectivity index (χ1) is 12.1. The van der Waals surface area contributed by atoms with Crippen LogP contribution in [0.1, 0.15) is 12.8 Å². The molecule has 1 aromatic carbocycles. The van der Waals surface area contributed by atoms with Crippen LogP contribution in [-0.2, 0) is 9.59 Å².